The van der Waals surface area contributed by atoms with E-state index in [9.17, 15) is 13.6 Å². The number of hydrogen-bond acceptors (Lipinski definition) is 8. The number of carbonyl (C=O) groups excluding carboxylic acids is 1. The predicted octanol–water partition coefficient (Wildman–Crippen LogP) is 1.60. The molecule has 1 aromatic carbocycles. The van der Waals surface area contributed by atoms with Gasteiger partial charge < -0.3 is 20.1 Å². The molecule has 1 fully saturated rings. The van der Waals surface area contributed by atoms with E-state index in [1.165, 1.54) is 21.7 Å². The third kappa shape index (κ3) is 4.17. The van der Waals surface area contributed by atoms with Crippen molar-refractivity contribution in [1.29, 1.82) is 0 Å². The topological polar surface area (TPSA) is 123 Å². The number of benzene rings is 1. The molecule has 0 unspecified atom stereocenters. The standard InChI is InChI=1S/C22H23F3N8O3/c1-36-21-20-19(12-2-3-16-17(8-12)32(7-5-23)30-28-16)14(25)10-33(20)29-22(27-21)26-15-4-6-31(9-13(15)24)18(35)11-34/h2-3,8,10,13,15,34H,4-7,9,11H2,1H3,(H,26,29)/t13-,15+/m1/s1/i1D3. The summed E-state index contributed by atoms with van der Waals surface area (Å²) >= 11 is 0. The van der Waals surface area contributed by atoms with Crippen molar-refractivity contribution < 1.29 is 31.9 Å². The van der Waals surface area contributed by atoms with Crippen molar-refractivity contribution in [3.8, 4) is 17.0 Å². The highest BCUT2D eigenvalue weighted by Gasteiger charge is 2.32. The van der Waals surface area contributed by atoms with Crippen molar-refractivity contribution in [3.05, 3.63) is 30.2 Å². The minimum atomic E-state index is -2.96. The Morgan fingerprint density at radius 2 is 2.28 bits per heavy atom. The van der Waals surface area contributed by atoms with Crippen LogP contribution in [0.4, 0.5) is 19.1 Å². The van der Waals surface area contributed by atoms with E-state index in [1.54, 1.807) is 6.07 Å². The fourth-order valence-corrected chi connectivity index (χ4v) is 4.35. The number of aliphatic hydroxyl groups is 1. The smallest absolute Gasteiger partial charge is 0.248 e. The first-order chi connectivity index (χ1) is 18.6. The molecule has 4 aromatic rings. The Balaban J connectivity index is 1.55. The molecule has 1 aliphatic rings. The first kappa shape index (κ1) is 20.3. The molecule has 14 heteroatoms. The Morgan fingerprint density at radius 3 is 3.03 bits per heavy atom. The van der Waals surface area contributed by atoms with Crippen molar-refractivity contribution in [2.45, 2.75) is 25.2 Å². The molecule has 190 valence electrons. The fraction of sp³-hybridized carbons (Fsp3) is 0.409. The predicted molar refractivity (Wildman–Crippen MR) is 123 cm³/mol. The number of aromatic nitrogens is 6. The molecule has 36 heavy (non-hydrogen) atoms. The van der Waals surface area contributed by atoms with E-state index in [4.69, 9.17) is 14.0 Å². The first-order valence-electron chi connectivity index (χ1n) is 12.5. The number of rotatable bonds is 7. The Hall–Kier alpha value is -3.94. The van der Waals surface area contributed by atoms with Crippen LogP contribution in [0.25, 0.3) is 27.7 Å². The summed E-state index contributed by atoms with van der Waals surface area (Å²) < 4.78 is 73.3. The molecule has 2 atom stereocenters. The Morgan fingerprint density at radius 1 is 1.42 bits per heavy atom. The third-order valence-electron chi connectivity index (χ3n) is 6.09. The molecule has 1 saturated heterocycles. The van der Waals surface area contributed by atoms with Gasteiger partial charge in [-0.15, -0.1) is 10.2 Å². The summed E-state index contributed by atoms with van der Waals surface area (Å²) in [5, 5.41) is 23.8. The minimum Gasteiger partial charge on any atom is -0.479 e. The maximum Gasteiger partial charge on any atom is 0.248 e. The van der Waals surface area contributed by atoms with Crippen molar-refractivity contribution >= 4 is 28.4 Å². The van der Waals surface area contributed by atoms with Crippen LogP contribution in [-0.2, 0) is 11.3 Å². The average molecular weight is 507 g/mol. The Bertz CT molecular complexity index is 1530. The SMILES string of the molecule is [2H]C([2H])([2H])Oc1nc(N[C@H]2CCN(C(=O)CO)C[C@H]2F)nn2cc(F)c(-c3ccc4nnn(CCF)c4c3)c12. The summed E-state index contributed by atoms with van der Waals surface area (Å²) in [7, 11) is -2.96. The number of piperidine rings is 1. The number of alkyl halides is 2. The highest BCUT2D eigenvalue weighted by atomic mass is 19.1. The third-order valence-corrected chi connectivity index (χ3v) is 6.09. The van der Waals surface area contributed by atoms with E-state index in [1.807, 2.05) is 0 Å². The second kappa shape index (κ2) is 9.60. The summed E-state index contributed by atoms with van der Waals surface area (Å²) in [6.07, 6.45) is -0.400. The maximum atomic E-state index is 15.4. The first-order valence-corrected chi connectivity index (χ1v) is 11.0. The number of amides is 1. The van der Waals surface area contributed by atoms with Crippen molar-refractivity contribution in [3.63, 3.8) is 0 Å². The van der Waals surface area contributed by atoms with Gasteiger partial charge in [0.1, 0.15) is 30.5 Å². The van der Waals surface area contributed by atoms with E-state index >= 15 is 4.39 Å². The molecule has 5 rings (SSSR count). The number of aryl methyl sites for hydroxylation is 1. The van der Waals surface area contributed by atoms with Gasteiger partial charge in [0.25, 0.3) is 0 Å². The number of ether oxygens (including phenoxy) is 1. The van der Waals surface area contributed by atoms with Crippen LogP contribution in [0.3, 0.4) is 0 Å². The zero-order valence-corrected chi connectivity index (χ0v) is 18.7. The van der Waals surface area contributed by atoms with Gasteiger partial charge in [-0.1, -0.05) is 11.3 Å². The number of hydrogen-bond donors (Lipinski definition) is 2. The molecular formula is C22H23F3N8O3. The van der Waals surface area contributed by atoms with Gasteiger partial charge in [0.2, 0.25) is 17.7 Å². The number of halogens is 3. The molecule has 3 aromatic heterocycles. The number of nitrogens with zero attached hydrogens (tertiary/aromatic N) is 7. The molecule has 0 aliphatic carbocycles. The van der Waals surface area contributed by atoms with Gasteiger partial charge in [-0.05, 0) is 24.1 Å². The summed E-state index contributed by atoms with van der Waals surface area (Å²) in [5.41, 5.74) is 0.995. The lowest BCUT2D eigenvalue weighted by Crippen LogP contribution is -2.50. The maximum absolute atomic E-state index is 15.4. The summed E-state index contributed by atoms with van der Waals surface area (Å²) in [5.74, 6) is -2.08. The molecule has 1 amide bonds. The van der Waals surface area contributed by atoms with Gasteiger partial charge in [-0.3, -0.25) is 4.79 Å². The van der Waals surface area contributed by atoms with Crippen LogP contribution in [-0.4, -0.2) is 91.1 Å². The van der Waals surface area contributed by atoms with Gasteiger partial charge in [0.15, 0.2) is 5.82 Å². The molecule has 2 N–H and O–H groups in total. The molecular weight excluding hydrogens is 481 g/mol. The fourth-order valence-electron chi connectivity index (χ4n) is 4.35. The molecule has 4 heterocycles. The van der Waals surface area contributed by atoms with Crippen molar-refractivity contribution in [2.75, 3.05) is 38.7 Å². The second-order valence-electron chi connectivity index (χ2n) is 8.25. The summed E-state index contributed by atoms with van der Waals surface area (Å²) in [4.78, 5) is 17.0. The van der Waals surface area contributed by atoms with E-state index in [0.29, 0.717) is 11.0 Å². The van der Waals surface area contributed by atoms with Crippen molar-refractivity contribution in [1.82, 2.24) is 34.5 Å². The van der Waals surface area contributed by atoms with Gasteiger partial charge in [-0.25, -0.2) is 22.4 Å². The molecule has 0 radical (unpaired) electrons. The lowest BCUT2D eigenvalue weighted by molar-refractivity contribution is -0.136. The average Bonchev–Trinajstić information content (AvgIpc) is 3.43. The Labute approximate surface area is 206 Å². The number of methoxy groups -OCH3 is 1. The van der Waals surface area contributed by atoms with Crippen LogP contribution in [0.15, 0.2) is 24.4 Å². The molecule has 0 spiro atoms. The van der Waals surface area contributed by atoms with Crippen LogP contribution < -0.4 is 10.1 Å². The lowest BCUT2D eigenvalue weighted by atomic mass is 10.0. The number of fused-ring (bicyclic) bond motifs is 2. The van der Waals surface area contributed by atoms with Crippen LogP contribution in [0.2, 0.25) is 0 Å². The number of likely N-dealkylation sites (tertiary alicyclic amines) is 1. The molecule has 0 bridgehead atoms. The monoisotopic (exact) mass is 507 g/mol. The molecule has 0 saturated carbocycles. The van der Waals surface area contributed by atoms with Crippen LogP contribution in [0, 0.1) is 5.82 Å². The van der Waals surface area contributed by atoms with E-state index in [-0.39, 0.29) is 48.6 Å². The largest absolute Gasteiger partial charge is 0.479 e. The highest BCUT2D eigenvalue weighted by Crippen LogP contribution is 2.35. The van der Waals surface area contributed by atoms with Gasteiger partial charge >= 0.3 is 0 Å². The zero-order chi connectivity index (χ0) is 27.9. The number of carbonyl (C=O) groups is 1. The number of anilines is 1. The zero-order valence-electron chi connectivity index (χ0n) is 21.7. The van der Waals surface area contributed by atoms with Crippen LogP contribution in [0.1, 0.15) is 10.5 Å². The Kier molecular flexibility index (Phi) is 5.41. The highest BCUT2D eigenvalue weighted by molar-refractivity contribution is 5.89. The molecule has 1 aliphatic heterocycles. The number of nitrogens with one attached hydrogen (secondary N) is 1. The van der Waals surface area contributed by atoms with Gasteiger partial charge in [0, 0.05) is 6.54 Å². The normalized spacial score (nSPS) is 19.8. The van der Waals surface area contributed by atoms with Gasteiger partial charge in [-0.2, -0.15) is 4.98 Å². The molecule has 11 nitrogen and oxygen atoms in total. The van der Waals surface area contributed by atoms with Gasteiger partial charge in [0.05, 0.1) is 47.6 Å². The van der Waals surface area contributed by atoms with Crippen LogP contribution >= 0.6 is 0 Å². The second-order valence-corrected chi connectivity index (χ2v) is 8.25. The van der Waals surface area contributed by atoms with E-state index in [0.717, 1.165) is 10.7 Å². The number of aliphatic hydroxyl groups excluding tert-OH is 1. The van der Waals surface area contributed by atoms with E-state index in [2.05, 4.69) is 25.7 Å². The van der Waals surface area contributed by atoms with E-state index < -0.39 is 50.1 Å². The minimum absolute atomic E-state index is 0.0624. The van der Waals surface area contributed by atoms with Crippen LogP contribution in [0.5, 0.6) is 5.88 Å². The van der Waals surface area contributed by atoms with Crippen molar-refractivity contribution in [2.24, 2.45) is 0 Å². The summed E-state index contributed by atoms with van der Waals surface area (Å²) in [6, 6.07) is 3.78. The summed E-state index contributed by atoms with van der Waals surface area (Å²) in [6.45, 7) is -1.59. The lowest BCUT2D eigenvalue weighted by Gasteiger charge is -2.34. The quantitative estimate of drug-likeness (QED) is 0.387.